The molecule has 0 aliphatic heterocycles. The van der Waals surface area contributed by atoms with E-state index in [-0.39, 0.29) is 29.0 Å². The highest BCUT2D eigenvalue weighted by atomic mass is 19.1. The van der Waals surface area contributed by atoms with Gasteiger partial charge in [-0.1, -0.05) is 26.0 Å². The van der Waals surface area contributed by atoms with Gasteiger partial charge in [-0.3, -0.25) is 9.59 Å². The van der Waals surface area contributed by atoms with E-state index >= 15 is 0 Å². The molecule has 4 aliphatic rings. The lowest BCUT2D eigenvalue weighted by atomic mass is 9.49. The summed E-state index contributed by atoms with van der Waals surface area (Å²) in [6.45, 7) is 4.25. The lowest BCUT2D eigenvalue weighted by Gasteiger charge is -2.55. The zero-order valence-electron chi connectivity index (χ0n) is 16.8. The molecule has 0 heterocycles. The topological polar surface area (TPSA) is 58.2 Å². The average Bonchev–Trinajstić information content (AvgIpc) is 2.64. The van der Waals surface area contributed by atoms with E-state index < -0.39 is 6.04 Å². The van der Waals surface area contributed by atoms with Crippen molar-refractivity contribution in [3.05, 3.63) is 35.6 Å². The summed E-state index contributed by atoms with van der Waals surface area (Å²) in [4.78, 5) is 26.1. The molecule has 5 heteroatoms. The van der Waals surface area contributed by atoms with Crippen molar-refractivity contribution in [1.82, 2.24) is 10.6 Å². The van der Waals surface area contributed by atoms with Gasteiger partial charge in [0.05, 0.1) is 0 Å². The molecular weight excluding hydrogens is 355 g/mol. The first-order chi connectivity index (χ1) is 13.3. The Balaban J connectivity index is 1.39. The van der Waals surface area contributed by atoms with Crippen LogP contribution in [-0.2, 0) is 16.1 Å². The second-order valence-electron chi connectivity index (χ2n) is 9.74. The fourth-order valence-corrected chi connectivity index (χ4v) is 6.12. The maximum Gasteiger partial charge on any atom is 0.243 e. The van der Waals surface area contributed by atoms with Gasteiger partial charge in [-0.25, -0.2) is 4.39 Å². The van der Waals surface area contributed by atoms with Crippen LogP contribution in [0, 0.1) is 34.9 Å². The fourth-order valence-electron chi connectivity index (χ4n) is 6.12. The third kappa shape index (κ3) is 3.81. The van der Waals surface area contributed by atoms with Gasteiger partial charge < -0.3 is 10.6 Å². The summed E-state index contributed by atoms with van der Waals surface area (Å²) in [7, 11) is 0. The molecule has 0 saturated heterocycles. The lowest BCUT2D eigenvalue weighted by Crippen LogP contribution is -2.58. The van der Waals surface area contributed by atoms with Gasteiger partial charge in [0.1, 0.15) is 11.9 Å². The largest absolute Gasteiger partial charge is 0.350 e. The quantitative estimate of drug-likeness (QED) is 0.781. The van der Waals surface area contributed by atoms with Crippen LogP contribution in [-0.4, -0.2) is 17.9 Å². The third-order valence-corrected chi connectivity index (χ3v) is 7.14. The van der Waals surface area contributed by atoms with E-state index in [2.05, 4.69) is 10.6 Å². The minimum absolute atomic E-state index is 0.00563. The minimum atomic E-state index is -0.541. The van der Waals surface area contributed by atoms with Gasteiger partial charge in [0.25, 0.3) is 0 Å². The summed E-state index contributed by atoms with van der Waals surface area (Å²) in [6, 6.07) is 5.55. The Kier molecular flexibility index (Phi) is 5.19. The molecule has 1 aromatic carbocycles. The summed E-state index contributed by atoms with van der Waals surface area (Å²) in [5.74, 6) is 1.72. The highest BCUT2D eigenvalue weighted by molar-refractivity contribution is 5.90. The van der Waals surface area contributed by atoms with Gasteiger partial charge in [-0.15, -0.1) is 0 Å². The van der Waals surface area contributed by atoms with Crippen molar-refractivity contribution in [2.75, 3.05) is 0 Å². The lowest BCUT2D eigenvalue weighted by molar-refractivity contribution is -0.149. The first-order valence-electron chi connectivity index (χ1n) is 10.7. The smallest absolute Gasteiger partial charge is 0.243 e. The van der Waals surface area contributed by atoms with Crippen molar-refractivity contribution in [2.24, 2.45) is 29.1 Å². The number of nitrogens with one attached hydrogen (secondary N) is 2. The fraction of sp³-hybridized carbons (Fsp3) is 0.652. The second-order valence-corrected chi connectivity index (χ2v) is 9.74. The van der Waals surface area contributed by atoms with E-state index in [9.17, 15) is 14.0 Å². The number of amides is 2. The predicted octanol–water partition coefficient (Wildman–Crippen LogP) is 3.80. The number of rotatable bonds is 6. The minimum Gasteiger partial charge on any atom is -0.350 e. The summed E-state index contributed by atoms with van der Waals surface area (Å²) >= 11 is 0. The second kappa shape index (κ2) is 7.49. The van der Waals surface area contributed by atoms with Gasteiger partial charge in [-0.05, 0) is 79.9 Å². The predicted molar refractivity (Wildman–Crippen MR) is 106 cm³/mol. The van der Waals surface area contributed by atoms with Crippen LogP contribution in [0.5, 0.6) is 0 Å². The molecule has 4 fully saturated rings. The number of carbonyl (C=O) groups is 2. The highest BCUT2D eigenvalue weighted by Gasteiger charge is 2.55. The van der Waals surface area contributed by atoms with E-state index in [0.29, 0.717) is 24.3 Å². The van der Waals surface area contributed by atoms with E-state index in [0.717, 1.165) is 24.8 Å². The van der Waals surface area contributed by atoms with Crippen molar-refractivity contribution in [1.29, 1.82) is 0 Å². The molecule has 1 atom stereocenters. The molecule has 0 spiro atoms. The van der Waals surface area contributed by atoms with Gasteiger partial charge in [-0.2, -0.15) is 0 Å². The molecule has 28 heavy (non-hydrogen) atoms. The standard InChI is InChI=1S/C23H31FN2O2/c1-14(2)20(21(27)25-13-15-3-5-19(24)6-4-15)26-22(28)23-10-16-7-17(11-23)9-18(8-16)12-23/h3-6,14,16-18,20H,7-13H2,1-2H3,(H,25,27)(H,26,28)/t16?,17?,18?,20-,23?/m1/s1. The maximum absolute atomic E-state index is 13.3. The molecule has 0 radical (unpaired) electrons. The Labute approximate surface area is 166 Å². The molecule has 0 aromatic heterocycles. The normalized spacial score (nSPS) is 31.6. The molecule has 4 bridgehead atoms. The Morgan fingerprint density at radius 2 is 1.57 bits per heavy atom. The van der Waals surface area contributed by atoms with Crippen LogP contribution in [0.2, 0.25) is 0 Å². The average molecular weight is 387 g/mol. The van der Waals surface area contributed by atoms with E-state index in [1.807, 2.05) is 13.8 Å². The van der Waals surface area contributed by atoms with Crippen molar-refractivity contribution >= 4 is 11.8 Å². The number of hydrogen-bond donors (Lipinski definition) is 2. The first kappa shape index (κ1) is 19.4. The SMILES string of the molecule is CC(C)[C@@H](NC(=O)C12CC3CC(CC(C3)C1)C2)C(=O)NCc1ccc(F)cc1. The summed E-state index contributed by atoms with van der Waals surface area (Å²) in [5.41, 5.74) is 0.587. The molecular formula is C23H31FN2O2. The zero-order valence-corrected chi connectivity index (χ0v) is 16.8. The number of hydrogen-bond acceptors (Lipinski definition) is 2. The van der Waals surface area contributed by atoms with Crippen LogP contribution in [0.4, 0.5) is 4.39 Å². The van der Waals surface area contributed by atoms with Crippen molar-refractivity contribution in [3.63, 3.8) is 0 Å². The first-order valence-corrected chi connectivity index (χ1v) is 10.7. The van der Waals surface area contributed by atoms with Crippen molar-refractivity contribution < 1.29 is 14.0 Å². The van der Waals surface area contributed by atoms with Crippen LogP contribution < -0.4 is 10.6 Å². The van der Waals surface area contributed by atoms with Crippen LogP contribution >= 0.6 is 0 Å². The van der Waals surface area contributed by atoms with E-state index in [1.165, 1.54) is 31.4 Å². The Hall–Kier alpha value is -1.91. The molecule has 4 aliphatic carbocycles. The summed E-state index contributed by atoms with van der Waals surface area (Å²) < 4.78 is 13.0. The van der Waals surface area contributed by atoms with E-state index in [4.69, 9.17) is 0 Å². The van der Waals surface area contributed by atoms with Crippen molar-refractivity contribution in [3.8, 4) is 0 Å². The number of halogens is 1. The zero-order chi connectivity index (χ0) is 19.9. The van der Waals surface area contributed by atoms with Gasteiger partial charge in [0, 0.05) is 12.0 Å². The molecule has 152 valence electrons. The Morgan fingerprint density at radius 1 is 1.04 bits per heavy atom. The third-order valence-electron chi connectivity index (χ3n) is 7.14. The van der Waals surface area contributed by atoms with Gasteiger partial charge in [0.2, 0.25) is 11.8 Å². The molecule has 1 aromatic rings. The van der Waals surface area contributed by atoms with Crippen molar-refractivity contribution in [2.45, 2.75) is 65.0 Å². The Morgan fingerprint density at radius 3 is 2.07 bits per heavy atom. The molecule has 5 rings (SSSR count). The molecule has 2 N–H and O–H groups in total. The molecule has 0 unspecified atom stereocenters. The van der Waals surface area contributed by atoms with Crippen LogP contribution in [0.1, 0.15) is 57.9 Å². The summed E-state index contributed by atoms with van der Waals surface area (Å²) in [6.07, 6.45) is 6.85. The van der Waals surface area contributed by atoms with Gasteiger partial charge >= 0.3 is 0 Å². The Bertz CT molecular complexity index is 708. The monoisotopic (exact) mass is 386 g/mol. The highest BCUT2D eigenvalue weighted by Crippen LogP contribution is 2.60. The molecule has 4 nitrogen and oxygen atoms in total. The molecule has 2 amide bonds. The van der Waals surface area contributed by atoms with Crippen LogP contribution in [0.3, 0.4) is 0 Å². The molecule has 4 saturated carbocycles. The van der Waals surface area contributed by atoms with Crippen LogP contribution in [0.15, 0.2) is 24.3 Å². The number of benzene rings is 1. The summed E-state index contributed by atoms with van der Waals surface area (Å²) in [5, 5.41) is 6.01. The maximum atomic E-state index is 13.3. The van der Waals surface area contributed by atoms with Gasteiger partial charge in [0.15, 0.2) is 0 Å². The van der Waals surface area contributed by atoms with Crippen LogP contribution in [0.25, 0.3) is 0 Å². The van der Waals surface area contributed by atoms with E-state index in [1.54, 1.807) is 12.1 Å². The number of carbonyl (C=O) groups excluding carboxylic acids is 2.